The third-order valence-electron chi connectivity index (χ3n) is 7.19. The number of esters is 1. The van der Waals surface area contributed by atoms with Gasteiger partial charge in [0.15, 0.2) is 10.8 Å². The SMILES string of the molecule is COC(=O)C1=C([C@H]2CC[C@H](c3cnn(CCC(=O)O)c3)CC2)NC(c2nccs2)=NC1c1ccc(F)cc1Cl. The summed E-state index contributed by atoms with van der Waals surface area (Å²) in [6.07, 6.45) is 8.75. The van der Waals surface area contributed by atoms with E-state index < -0.39 is 23.8 Å². The van der Waals surface area contributed by atoms with Crippen LogP contribution in [-0.4, -0.2) is 44.8 Å². The molecule has 5 rings (SSSR count). The minimum absolute atomic E-state index is 0.0181. The molecule has 0 radical (unpaired) electrons. The van der Waals surface area contributed by atoms with E-state index in [0.717, 1.165) is 36.9 Å². The van der Waals surface area contributed by atoms with E-state index in [1.54, 1.807) is 16.9 Å². The summed E-state index contributed by atoms with van der Waals surface area (Å²) in [6.45, 7) is 0.330. The van der Waals surface area contributed by atoms with Crippen molar-refractivity contribution in [3.63, 3.8) is 0 Å². The van der Waals surface area contributed by atoms with Gasteiger partial charge in [-0.3, -0.25) is 14.5 Å². The van der Waals surface area contributed by atoms with E-state index in [-0.39, 0.29) is 23.3 Å². The zero-order valence-electron chi connectivity index (χ0n) is 21.1. The zero-order chi connectivity index (χ0) is 27.5. The lowest BCUT2D eigenvalue weighted by Crippen LogP contribution is -2.37. The predicted molar refractivity (Wildman–Crippen MR) is 144 cm³/mol. The molecule has 1 aliphatic heterocycles. The number of carboxylic acid groups (broad SMARTS) is 1. The van der Waals surface area contributed by atoms with Gasteiger partial charge in [-0.25, -0.2) is 14.2 Å². The Kier molecular flexibility index (Phi) is 8.08. The van der Waals surface area contributed by atoms with E-state index in [1.165, 1.54) is 30.6 Å². The van der Waals surface area contributed by atoms with Crippen LogP contribution < -0.4 is 5.32 Å². The molecule has 0 saturated heterocycles. The van der Waals surface area contributed by atoms with E-state index in [0.29, 0.717) is 28.5 Å². The highest BCUT2D eigenvalue weighted by atomic mass is 35.5. The summed E-state index contributed by atoms with van der Waals surface area (Å²) < 4.78 is 20.8. The number of benzene rings is 1. The van der Waals surface area contributed by atoms with Gasteiger partial charge in [-0.05, 0) is 55.2 Å². The number of aliphatic imine (C=N–C) groups is 1. The van der Waals surface area contributed by atoms with Crippen LogP contribution in [-0.2, 0) is 20.9 Å². The Bertz CT molecular complexity index is 1430. The number of nitrogens with zero attached hydrogens (tertiary/aromatic N) is 4. The minimum atomic E-state index is -0.858. The first-order valence-electron chi connectivity index (χ1n) is 12.6. The molecule has 1 fully saturated rings. The number of ether oxygens (including phenoxy) is 1. The average Bonchev–Trinajstić information content (AvgIpc) is 3.64. The van der Waals surface area contributed by atoms with Crippen LogP contribution in [0.5, 0.6) is 0 Å². The average molecular weight is 572 g/mol. The predicted octanol–water partition coefficient (Wildman–Crippen LogP) is 5.10. The van der Waals surface area contributed by atoms with Crippen molar-refractivity contribution in [3.05, 3.63) is 80.4 Å². The van der Waals surface area contributed by atoms with E-state index in [9.17, 15) is 14.0 Å². The fourth-order valence-corrected chi connectivity index (χ4v) is 6.12. The molecular formula is C27H27ClFN5O4S. The summed E-state index contributed by atoms with van der Waals surface area (Å²) in [5, 5.41) is 19.3. The molecule has 3 heterocycles. The fraction of sp³-hybridized carbons (Fsp3) is 0.370. The largest absolute Gasteiger partial charge is 0.481 e. The summed E-state index contributed by atoms with van der Waals surface area (Å²) in [6, 6.07) is 3.29. The van der Waals surface area contributed by atoms with Crippen molar-refractivity contribution in [2.24, 2.45) is 10.9 Å². The van der Waals surface area contributed by atoms with Gasteiger partial charge in [0.05, 0.1) is 31.8 Å². The first kappa shape index (κ1) is 27.0. The van der Waals surface area contributed by atoms with Gasteiger partial charge >= 0.3 is 11.9 Å². The molecule has 12 heteroatoms. The van der Waals surface area contributed by atoms with Crippen LogP contribution in [0.25, 0.3) is 0 Å². The summed E-state index contributed by atoms with van der Waals surface area (Å²) in [5.41, 5.74) is 2.67. The van der Waals surface area contributed by atoms with Gasteiger partial charge in [0.25, 0.3) is 0 Å². The van der Waals surface area contributed by atoms with Crippen molar-refractivity contribution >= 4 is 40.7 Å². The second kappa shape index (κ2) is 11.7. The Morgan fingerprint density at radius 2 is 2.03 bits per heavy atom. The topological polar surface area (TPSA) is 119 Å². The van der Waals surface area contributed by atoms with E-state index in [4.69, 9.17) is 26.4 Å². The Hall–Kier alpha value is -3.57. The number of aromatic nitrogens is 3. The number of thiazole rings is 1. The zero-order valence-corrected chi connectivity index (χ0v) is 22.7. The smallest absolute Gasteiger partial charge is 0.338 e. The number of hydrogen-bond donors (Lipinski definition) is 2. The first-order valence-corrected chi connectivity index (χ1v) is 13.9. The van der Waals surface area contributed by atoms with Gasteiger partial charge in [-0.15, -0.1) is 11.3 Å². The third-order valence-corrected chi connectivity index (χ3v) is 8.29. The second-order valence-corrected chi connectivity index (χ2v) is 10.9. The number of carboxylic acids is 1. The normalized spacial score (nSPS) is 21.3. The van der Waals surface area contributed by atoms with E-state index >= 15 is 0 Å². The van der Waals surface area contributed by atoms with Crippen molar-refractivity contribution in [1.82, 2.24) is 20.1 Å². The first-order chi connectivity index (χ1) is 18.8. The van der Waals surface area contributed by atoms with Gasteiger partial charge in [0, 0.05) is 34.1 Å². The van der Waals surface area contributed by atoms with Crippen molar-refractivity contribution in [2.45, 2.75) is 50.6 Å². The maximum absolute atomic E-state index is 13.9. The lowest BCUT2D eigenvalue weighted by molar-refractivity contribution is -0.138. The van der Waals surface area contributed by atoms with E-state index in [1.807, 2.05) is 17.8 Å². The molecule has 1 saturated carbocycles. The highest BCUT2D eigenvalue weighted by molar-refractivity contribution is 7.11. The number of aliphatic carboxylic acids is 1. The number of hydrogen-bond acceptors (Lipinski definition) is 8. The van der Waals surface area contributed by atoms with Gasteiger partial charge in [0.2, 0.25) is 0 Å². The van der Waals surface area contributed by atoms with Crippen molar-refractivity contribution < 1.29 is 23.8 Å². The summed E-state index contributed by atoms with van der Waals surface area (Å²) in [7, 11) is 1.33. The number of amidine groups is 1. The molecule has 2 N–H and O–H groups in total. The number of carbonyl (C=O) groups is 2. The van der Waals surface area contributed by atoms with Crippen LogP contribution in [0.2, 0.25) is 5.02 Å². The molecule has 1 aromatic carbocycles. The van der Waals surface area contributed by atoms with Gasteiger partial charge in [-0.1, -0.05) is 17.7 Å². The Morgan fingerprint density at radius 3 is 2.69 bits per heavy atom. The maximum Gasteiger partial charge on any atom is 0.338 e. The van der Waals surface area contributed by atoms with Gasteiger partial charge in [0.1, 0.15) is 11.9 Å². The molecule has 0 spiro atoms. The fourth-order valence-electron chi connectivity index (χ4n) is 5.26. The van der Waals surface area contributed by atoms with Gasteiger partial charge < -0.3 is 15.2 Å². The second-order valence-electron chi connectivity index (χ2n) is 9.56. The highest BCUT2D eigenvalue weighted by Gasteiger charge is 2.38. The molecular weight excluding hydrogens is 545 g/mol. The molecule has 2 aromatic heterocycles. The van der Waals surface area contributed by atoms with Crippen LogP contribution in [0.3, 0.4) is 0 Å². The number of carbonyl (C=O) groups excluding carboxylic acids is 1. The standard InChI is InChI=1S/C27H27ClFN5O4S/c1-38-27(37)22-23(16-4-2-15(3-5-16)17-13-31-34(14-17)10-8-21(35)36)32-25(26-30-9-11-39-26)33-24(22)19-7-6-18(29)12-20(19)28/h6-7,9,11-16,24H,2-5,8,10H2,1H3,(H,32,33)(H,35,36)/t15-,16-,24?. The number of methoxy groups -OCH3 is 1. The Labute approximate surface area is 233 Å². The molecule has 1 atom stereocenters. The summed E-state index contributed by atoms with van der Waals surface area (Å²) >= 11 is 7.87. The number of rotatable bonds is 8. The van der Waals surface area contributed by atoms with Crippen molar-refractivity contribution in [2.75, 3.05) is 7.11 Å². The monoisotopic (exact) mass is 571 g/mol. The summed E-state index contributed by atoms with van der Waals surface area (Å²) in [4.78, 5) is 33.3. The molecule has 0 amide bonds. The lowest BCUT2D eigenvalue weighted by atomic mass is 9.76. The van der Waals surface area contributed by atoms with Crippen molar-refractivity contribution in [3.8, 4) is 0 Å². The van der Waals surface area contributed by atoms with Crippen LogP contribution in [0.15, 0.2) is 58.4 Å². The molecule has 39 heavy (non-hydrogen) atoms. The minimum Gasteiger partial charge on any atom is -0.481 e. The molecule has 9 nitrogen and oxygen atoms in total. The van der Waals surface area contributed by atoms with Crippen LogP contribution in [0, 0.1) is 11.7 Å². The molecule has 3 aromatic rings. The third kappa shape index (κ3) is 5.89. The molecule has 1 unspecified atom stereocenters. The number of halogens is 2. The van der Waals surface area contributed by atoms with Crippen LogP contribution >= 0.6 is 22.9 Å². The molecule has 2 aliphatic rings. The summed E-state index contributed by atoms with van der Waals surface area (Å²) in [5.74, 6) is -1.03. The quantitative estimate of drug-likeness (QED) is 0.361. The Balaban J connectivity index is 1.45. The van der Waals surface area contributed by atoms with E-state index in [2.05, 4.69) is 15.4 Å². The van der Waals surface area contributed by atoms with Crippen molar-refractivity contribution in [1.29, 1.82) is 0 Å². The molecule has 0 bridgehead atoms. The molecule has 204 valence electrons. The van der Waals surface area contributed by atoms with Crippen LogP contribution in [0.4, 0.5) is 4.39 Å². The van der Waals surface area contributed by atoms with Crippen LogP contribution in [0.1, 0.15) is 60.2 Å². The number of nitrogens with one attached hydrogen (secondary N) is 1. The number of aryl methyl sites for hydroxylation is 1. The maximum atomic E-state index is 13.9. The molecule has 1 aliphatic carbocycles. The highest BCUT2D eigenvalue weighted by Crippen LogP contribution is 2.43. The van der Waals surface area contributed by atoms with Gasteiger partial charge in [-0.2, -0.15) is 5.10 Å². The Morgan fingerprint density at radius 1 is 1.26 bits per heavy atom. The lowest BCUT2D eigenvalue weighted by Gasteiger charge is -2.35. The number of allylic oxidation sites excluding steroid dienone is 1.